The summed E-state index contributed by atoms with van der Waals surface area (Å²) < 4.78 is 15.5. The molecule has 11 aromatic rings. The number of pyridine rings is 1. The summed E-state index contributed by atoms with van der Waals surface area (Å²) in [6.07, 6.45) is 1.96. The molecule has 5 nitrogen and oxygen atoms in total. The molecule has 5 heterocycles. The molecule has 14 rings (SSSR count). The molecule has 86 heavy (non-hydrogen) atoms. The Morgan fingerprint density at radius 1 is 0.465 bits per heavy atom. The second-order valence-corrected chi connectivity index (χ2v) is 36.3. The molecule has 3 aliphatic heterocycles. The number of benzene rings is 9. The van der Waals surface area contributed by atoms with Crippen molar-refractivity contribution in [3.63, 3.8) is 0 Å². The molecule has 0 unspecified atom stereocenters. The van der Waals surface area contributed by atoms with Crippen molar-refractivity contribution in [3.8, 4) is 39.6 Å². The van der Waals surface area contributed by atoms with E-state index in [9.17, 15) is 0 Å². The molecule has 7 heteroatoms. The molecule has 0 bridgehead atoms. The maximum atomic E-state index is 7.34. The minimum absolute atomic E-state index is 0. The molecule has 0 radical (unpaired) electrons. The quantitative estimate of drug-likeness (QED) is 0.118. The van der Waals surface area contributed by atoms with Gasteiger partial charge < -0.3 is 0 Å². The molecule has 0 fully saturated rings. The van der Waals surface area contributed by atoms with Gasteiger partial charge in [0.05, 0.1) is 0 Å². The van der Waals surface area contributed by atoms with E-state index in [4.69, 9.17) is 9.72 Å². The van der Waals surface area contributed by atoms with Crippen LogP contribution in [0.15, 0.2) is 194 Å². The van der Waals surface area contributed by atoms with Crippen molar-refractivity contribution < 1.29 is 25.8 Å². The fraction of sp³-hybridized carbons (Fsp3) is 0.241. The van der Waals surface area contributed by atoms with Crippen LogP contribution in [0.1, 0.15) is 130 Å². The van der Waals surface area contributed by atoms with E-state index >= 15 is 0 Å². The molecule has 2 aromatic heterocycles. The first-order valence-corrected chi connectivity index (χ1v) is 34.5. The van der Waals surface area contributed by atoms with Crippen LogP contribution < -0.4 is 32.1 Å². The Balaban J connectivity index is 0.00000686. The van der Waals surface area contributed by atoms with Gasteiger partial charge >= 0.3 is 342 Å². The molecule has 434 valence electrons. The Bertz CT molecular complexity index is 4440. The van der Waals surface area contributed by atoms with Crippen LogP contribution in [0.5, 0.6) is 11.5 Å². The van der Waals surface area contributed by atoms with Gasteiger partial charge in [-0.15, -0.1) is 0 Å². The minimum atomic E-state index is -3.81. The Kier molecular flexibility index (Phi) is 13.6. The van der Waals surface area contributed by atoms with E-state index in [-0.39, 0.29) is 48.1 Å². The number of ether oxygens (including phenoxy) is 1. The maximum absolute atomic E-state index is 7.34. The van der Waals surface area contributed by atoms with Crippen LogP contribution in [0.25, 0.3) is 49.9 Å². The number of anilines is 4. The molecule has 0 N–H and O–H groups in total. The van der Waals surface area contributed by atoms with Crippen LogP contribution in [0.2, 0.25) is 0 Å². The van der Waals surface area contributed by atoms with E-state index in [1.54, 1.807) is 0 Å². The van der Waals surface area contributed by atoms with Gasteiger partial charge in [-0.25, -0.2) is 0 Å². The molecule has 9 aromatic carbocycles. The van der Waals surface area contributed by atoms with Crippen LogP contribution in [0.3, 0.4) is 0 Å². The van der Waals surface area contributed by atoms with E-state index in [0.717, 1.165) is 39.6 Å². The van der Waals surface area contributed by atoms with Crippen molar-refractivity contribution >= 4 is 75.4 Å². The van der Waals surface area contributed by atoms with Crippen molar-refractivity contribution in [1.82, 2.24) is 9.55 Å². The van der Waals surface area contributed by atoms with Crippen LogP contribution in [0, 0.1) is 18.8 Å². The predicted octanol–water partition coefficient (Wildman–Crippen LogP) is 17.8. The minimum Gasteiger partial charge on any atom is -0.0561 e. The van der Waals surface area contributed by atoms with Gasteiger partial charge in [0.25, 0.3) is 0 Å². The molecule has 3 aliphatic rings. The van der Waals surface area contributed by atoms with Crippen molar-refractivity contribution in [3.05, 3.63) is 246 Å². The molecule has 0 aliphatic carbocycles. The zero-order chi connectivity index (χ0) is 59.3. The van der Waals surface area contributed by atoms with Crippen molar-refractivity contribution in [2.45, 2.75) is 124 Å². The summed E-state index contributed by atoms with van der Waals surface area (Å²) in [5, 5.41) is 2.57. The monoisotopic (exact) mass is 1360 g/mol. The molecular weight excluding hydrogens is 1290 g/mol. The predicted molar refractivity (Wildman–Crippen MR) is 359 cm³/mol. The summed E-state index contributed by atoms with van der Waals surface area (Å²) >= 11 is -3.81. The summed E-state index contributed by atoms with van der Waals surface area (Å²) in [4.78, 5) is 9.85. The van der Waals surface area contributed by atoms with Crippen LogP contribution >= 0.6 is 0 Å². The molecule has 0 saturated carbocycles. The largest absolute Gasteiger partial charge is 0.0561 e. The zero-order valence-electron chi connectivity index (χ0n) is 52.1. The smallest absolute Gasteiger partial charge is 0 e. The van der Waals surface area contributed by atoms with Gasteiger partial charge in [-0.1, -0.05) is 111 Å². The molecular formula is C79H75GeN4OPt-3. The van der Waals surface area contributed by atoms with Crippen LogP contribution in [0.4, 0.5) is 22.7 Å². The summed E-state index contributed by atoms with van der Waals surface area (Å²) in [6, 6.07) is 78.5. The van der Waals surface area contributed by atoms with E-state index in [1.165, 1.54) is 84.0 Å². The number of nitrogens with zero attached hydrogens (tertiary/aromatic N) is 4. The molecule has 0 saturated heterocycles. The van der Waals surface area contributed by atoms with E-state index < -0.39 is 13.3 Å². The third-order valence-electron chi connectivity index (χ3n) is 18.6. The summed E-state index contributed by atoms with van der Waals surface area (Å²) in [6.45, 7) is 34.8. The average molecular weight is 1360 g/mol. The van der Waals surface area contributed by atoms with Crippen LogP contribution in [-0.2, 0) is 48.1 Å². The number of aromatic nitrogens is 2. The van der Waals surface area contributed by atoms with Gasteiger partial charge in [-0.3, -0.25) is 0 Å². The molecule has 0 atom stereocenters. The number of hydrogen-bond acceptors (Lipinski definition) is 4. The first-order valence-electron chi connectivity index (χ1n) is 30.3. The van der Waals surface area contributed by atoms with Gasteiger partial charge in [0, 0.05) is 21.1 Å². The van der Waals surface area contributed by atoms with Gasteiger partial charge in [0.1, 0.15) is 0 Å². The van der Waals surface area contributed by atoms with E-state index in [0.29, 0.717) is 11.5 Å². The van der Waals surface area contributed by atoms with Crippen LogP contribution in [-0.4, -0.2) is 22.8 Å². The fourth-order valence-corrected chi connectivity index (χ4v) is 26.5. The topological polar surface area (TPSA) is 33.5 Å². The number of para-hydroxylation sites is 2. The first kappa shape index (κ1) is 57.6. The second kappa shape index (κ2) is 20.3. The molecule has 0 amide bonds. The second-order valence-electron chi connectivity index (χ2n) is 28.6. The summed E-state index contributed by atoms with van der Waals surface area (Å²) in [7, 11) is 0. The Hall–Kier alpha value is -7.44. The third kappa shape index (κ3) is 9.07. The number of fused-ring (bicyclic) bond motifs is 7. The van der Waals surface area contributed by atoms with Crippen molar-refractivity contribution in [2.75, 3.05) is 9.80 Å². The van der Waals surface area contributed by atoms with Gasteiger partial charge in [-0.05, 0) is 56.2 Å². The SMILES string of the molecule is CC(C)(C)c1cc(-c2cc(C(C)(C)C)cc(-c3ccccc3)c2N2[CH-]N(c3[c-]c(Oc4[c-]c5c6[c](c4)[Ge]4([c]7ccccc7C(C)(C)c7cccc[c]74)[c]4cccc(c46)n5-c4cc(C(C)(C)C)ccn4)ccc3)c3ccccc32)cc(C(C)(C)C)c1.[Pt]. The number of rotatable bonds is 7. The maximum Gasteiger partial charge on any atom is 0 e. The fourth-order valence-electron chi connectivity index (χ4n) is 14.0. The summed E-state index contributed by atoms with van der Waals surface area (Å²) in [5.41, 5.74) is 18.4. The van der Waals surface area contributed by atoms with Crippen molar-refractivity contribution in [1.29, 1.82) is 0 Å². The Labute approximate surface area is 526 Å². The van der Waals surface area contributed by atoms with Gasteiger partial charge in [0.15, 0.2) is 0 Å². The normalized spacial score (nSPS) is 14.9. The van der Waals surface area contributed by atoms with Gasteiger partial charge in [-0.2, -0.15) is 0 Å². The summed E-state index contributed by atoms with van der Waals surface area (Å²) in [5.74, 6) is 2.14. The standard InChI is InChI=1S/C79H75GeN4O.Pt/c1-75(2,3)52-38-39-81-71(45-52)84-69-37-25-34-65-72(69)73-66(80(65)63-32-20-18-30-61(63)79(13,14)62-31-19-21-33-64(62)80)47-58(48-70(73)84)85-57-29-24-28-56(46-57)82-49-83(68-36-23-22-35-67(68)82)74-59(50-26-16-15-17-27-50)43-55(78(10,11)12)44-60(74)51-40-53(76(4,5)6)42-54(41-51)77(7,8)9;/h15-45,47,49H,1-14H3;/q-3;. The zero-order valence-corrected chi connectivity index (χ0v) is 56.4. The number of hydrogen-bond donors (Lipinski definition) is 0. The Morgan fingerprint density at radius 3 is 1.64 bits per heavy atom. The molecule has 1 spiro atoms. The average Bonchev–Trinajstić information content (AvgIpc) is 1.45. The third-order valence-corrected chi connectivity index (χ3v) is 28.9. The Morgan fingerprint density at radius 2 is 1.01 bits per heavy atom. The van der Waals surface area contributed by atoms with E-state index in [1.807, 2.05) is 12.3 Å². The first-order chi connectivity index (χ1) is 40.4. The van der Waals surface area contributed by atoms with E-state index in [2.05, 4.69) is 312 Å². The van der Waals surface area contributed by atoms with Gasteiger partial charge in [0.2, 0.25) is 0 Å². The van der Waals surface area contributed by atoms with Crippen molar-refractivity contribution in [2.24, 2.45) is 0 Å².